The van der Waals surface area contributed by atoms with Crippen molar-refractivity contribution < 1.29 is 4.79 Å². The molecule has 0 aromatic carbocycles. The summed E-state index contributed by atoms with van der Waals surface area (Å²) in [5, 5.41) is 0. The van der Waals surface area contributed by atoms with Crippen molar-refractivity contribution in [3.8, 4) is 0 Å². The highest BCUT2D eigenvalue weighted by Gasteiger charge is 2.37. The SMILES string of the molecule is O=C(C1CC=CCC1)N1CCC(C2NNCC2c2ccncc2)CC1. The molecular weight excluding hydrogens is 312 g/mol. The molecule has 3 aliphatic rings. The molecule has 2 N–H and O–H groups in total. The first-order valence-corrected chi connectivity index (χ1v) is 9.65. The minimum Gasteiger partial charge on any atom is -0.342 e. The van der Waals surface area contributed by atoms with Gasteiger partial charge >= 0.3 is 0 Å². The zero-order valence-corrected chi connectivity index (χ0v) is 14.7. The van der Waals surface area contributed by atoms with Crippen molar-refractivity contribution in [2.75, 3.05) is 19.6 Å². The topological polar surface area (TPSA) is 57.3 Å². The van der Waals surface area contributed by atoms with E-state index in [1.807, 2.05) is 12.4 Å². The minimum atomic E-state index is 0.220. The number of amides is 1. The predicted molar refractivity (Wildman–Crippen MR) is 97.7 cm³/mol. The van der Waals surface area contributed by atoms with Crippen LogP contribution in [0.3, 0.4) is 0 Å². The van der Waals surface area contributed by atoms with E-state index in [1.165, 1.54) is 5.56 Å². The fraction of sp³-hybridized carbons (Fsp3) is 0.600. The van der Waals surface area contributed by atoms with E-state index in [2.05, 4.69) is 45.0 Å². The molecule has 25 heavy (non-hydrogen) atoms. The van der Waals surface area contributed by atoms with Gasteiger partial charge in [0.05, 0.1) is 0 Å². The van der Waals surface area contributed by atoms with Crippen molar-refractivity contribution in [3.05, 3.63) is 42.2 Å². The Morgan fingerprint density at radius 2 is 1.92 bits per heavy atom. The maximum Gasteiger partial charge on any atom is 0.226 e. The van der Waals surface area contributed by atoms with Crippen LogP contribution in [0, 0.1) is 11.8 Å². The Bertz CT molecular complexity index is 609. The molecule has 3 unspecified atom stereocenters. The Balaban J connectivity index is 1.35. The number of piperidine rings is 1. The molecule has 4 rings (SSSR count). The largest absolute Gasteiger partial charge is 0.342 e. The number of nitrogens with zero attached hydrogens (tertiary/aromatic N) is 2. The molecule has 0 saturated carbocycles. The third-order valence-electron chi connectivity index (χ3n) is 6.14. The number of carbonyl (C=O) groups is 1. The number of carbonyl (C=O) groups excluding carboxylic acids is 1. The first kappa shape index (κ1) is 16.7. The van der Waals surface area contributed by atoms with Crippen LogP contribution in [-0.4, -0.2) is 41.5 Å². The molecule has 5 heteroatoms. The summed E-state index contributed by atoms with van der Waals surface area (Å²) in [5.41, 5.74) is 8.20. The smallest absolute Gasteiger partial charge is 0.226 e. The maximum atomic E-state index is 12.7. The van der Waals surface area contributed by atoms with E-state index in [0.29, 0.717) is 23.8 Å². The summed E-state index contributed by atoms with van der Waals surface area (Å²) >= 11 is 0. The monoisotopic (exact) mass is 340 g/mol. The average Bonchev–Trinajstić information content (AvgIpc) is 3.19. The molecule has 0 bridgehead atoms. The lowest BCUT2D eigenvalue weighted by Crippen LogP contribution is -2.47. The molecule has 3 atom stereocenters. The summed E-state index contributed by atoms with van der Waals surface area (Å²) in [7, 11) is 0. The third-order valence-corrected chi connectivity index (χ3v) is 6.14. The predicted octanol–water partition coefficient (Wildman–Crippen LogP) is 2.24. The summed E-state index contributed by atoms with van der Waals surface area (Å²) < 4.78 is 0. The van der Waals surface area contributed by atoms with Gasteiger partial charge in [0.2, 0.25) is 5.91 Å². The fourth-order valence-corrected chi connectivity index (χ4v) is 4.65. The van der Waals surface area contributed by atoms with Crippen molar-refractivity contribution in [2.45, 2.75) is 44.1 Å². The van der Waals surface area contributed by atoms with Crippen molar-refractivity contribution in [1.29, 1.82) is 0 Å². The molecule has 0 radical (unpaired) electrons. The van der Waals surface area contributed by atoms with Gasteiger partial charge in [-0.15, -0.1) is 0 Å². The first-order chi connectivity index (χ1) is 12.3. The van der Waals surface area contributed by atoms with Crippen molar-refractivity contribution in [3.63, 3.8) is 0 Å². The van der Waals surface area contributed by atoms with Gasteiger partial charge in [0.1, 0.15) is 0 Å². The van der Waals surface area contributed by atoms with Gasteiger partial charge in [-0.05, 0) is 55.7 Å². The quantitative estimate of drug-likeness (QED) is 0.829. The van der Waals surface area contributed by atoms with E-state index in [4.69, 9.17) is 0 Å². The summed E-state index contributed by atoms with van der Waals surface area (Å²) in [6.45, 7) is 2.78. The van der Waals surface area contributed by atoms with Crippen molar-refractivity contribution >= 4 is 5.91 Å². The molecule has 3 heterocycles. The highest BCUT2D eigenvalue weighted by Crippen LogP contribution is 2.33. The van der Waals surface area contributed by atoms with Crippen LogP contribution in [0.1, 0.15) is 43.6 Å². The number of hydrogen-bond donors (Lipinski definition) is 2. The van der Waals surface area contributed by atoms with Gasteiger partial charge in [0.15, 0.2) is 0 Å². The van der Waals surface area contributed by atoms with Crippen LogP contribution >= 0.6 is 0 Å². The number of pyridine rings is 1. The van der Waals surface area contributed by atoms with Gasteiger partial charge in [-0.1, -0.05) is 12.2 Å². The lowest BCUT2D eigenvalue weighted by molar-refractivity contribution is -0.137. The number of aromatic nitrogens is 1. The lowest BCUT2D eigenvalue weighted by Gasteiger charge is -2.38. The molecule has 0 spiro atoms. The summed E-state index contributed by atoms with van der Waals surface area (Å²) in [6, 6.07) is 4.70. The molecule has 2 aliphatic heterocycles. The summed E-state index contributed by atoms with van der Waals surface area (Å²) in [6.07, 6.45) is 13.3. The second-order valence-electron chi connectivity index (χ2n) is 7.58. The van der Waals surface area contributed by atoms with Gasteiger partial charge in [-0.2, -0.15) is 0 Å². The van der Waals surface area contributed by atoms with Crippen LogP contribution in [0.4, 0.5) is 0 Å². The Labute approximate surface area is 149 Å². The molecule has 2 saturated heterocycles. The van der Waals surface area contributed by atoms with Gasteiger partial charge in [-0.25, -0.2) is 0 Å². The Morgan fingerprint density at radius 3 is 2.64 bits per heavy atom. The van der Waals surface area contributed by atoms with Gasteiger partial charge in [0, 0.05) is 49.9 Å². The van der Waals surface area contributed by atoms with E-state index in [9.17, 15) is 4.79 Å². The Kier molecular flexibility index (Phi) is 5.13. The van der Waals surface area contributed by atoms with Crippen LogP contribution in [0.25, 0.3) is 0 Å². The van der Waals surface area contributed by atoms with E-state index < -0.39 is 0 Å². The van der Waals surface area contributed by atoms with Crippen LogP contribution in [-0.2, 0) is 4.79 Å². The number of hydrazine groups is 1. The molecular formula is C20H28N4O. The molecule has 1 aromatic heterocycles. The van der Waals surface area contributed by atoms with Crippen LogP contribution in [0.15, 0.2) is 36.7 Å². The first-order valence-electron chi connectivity index (χ1n) is 9.65. The number of allylic oxidation sites excluding steroid dienone is 2. The zero-order chi connectivity index (χ0) is 17.1. The molecule has 5 nitrogen and oxygen atoms in total. The molecule has 2 fully saturated rings. The van der Waals surface area contributed by atoms with Crippen molar-refractivity contribution in [1.82, 2.24) is 20.7 Å². The number of likely N-dealkylation sites (tertiary alicyclic amines) is 1. The van der Waals surface area contributed by atoms with Gasteiger partial charge < -0.3 is 4.90 Å². The standard InChI is InChI=1S/C20H28N4O/c25-20(17-4-2-1-3-5-17)24-12-8-16(9-13-24)19-18(14-22-23-19)15-6-10-21-11-7-15/h1-2,6-7,10-11,16-19,22-23H,3-5,8-9,12-14H2. The van der Waals surface area contributed by atoms with E-state index in [-0.39, 0.29) is 5.92 Å². The van der Waals surface area contributed by atoms with E-state index >= 15 is 0 Å². The third kappa shape index (κ3) is 3.62. The lowest BCUT2D eigenvalue weighted by atomic mass is 9.80. The number of rotatable bonds is 3. The molecule has 1 amide bonds. The Hall–Kier alpha value is -1.72. The molecule has 1 aliphatic carbocycles. The fourth-order valence-electron chi connectivity index (χ4n) is 4.65. The summed E-state index contributed by atoms with van der Waals surface area (Å²) in [4.78, 5) is 19.0. The van der Waals surface area contributed by atoms with E-state index in [0.717, 1.165) is 51.7 Å². The molecule has 1 aromatic rings. The van der Waals surface area contributed by atoms with Gasteiger partial charge in [-0.3, -0.25) is 20.6 Å². The maximum absolute atomic E-state index is 12.7. The highest BCUT2D eigenvalue weighted by atomic mass is 16.2. The van der Waals surface area contributed by atoms with Crippen molar-refractivity contribution in [2.24, 2.45) is 11.8 Å². The minimum absolute atomic E-state index is 0.220. The average molecular weight is 340 g/mol. The van der Waals surface area contributed by atoms with Gasteiger partial charge in [0.25, 0.3) is 0 Å². The second kappa shape index (κ2) is 7.67. The number of hydrogen-bond acceptors (Lipinski definition) is 4. The summed E-state index contributed by atoms with van der Waals surface area (Å²) in [5.74, 6) is 1.70. The zero-order valence-electron chi connectivity index (χ0n) is 14.7. The van der Waals surface area contributed by atoms with E-state index in [1.54, 1.807) is 0 Å². The van der Waals surface area contributed by atoms with Crippen LogP contribution < -0.4 is 10.9 Å². The Morgan fingerprint density at radius 1 is 1.12 bits per heavy atom. The van der Waals surface area contributed by atoms with Crippen LogP contribution in [0.5, 0.6) is 0 Å². The second-order valence-corrected chi connectivity index (χ2v) is 7.58. The highest BCUT2D eigenvalue weighted by molar-refractivity contribution is 5.79. The molecule has 134 valence electrons. The number of nitrogens with one attached hydrogen (secondary N) is 2. The van der Waals surface area contributed by atoms with Crippen LogP contribution in [0.2, 0.25) is 0 Å². The normalized spacial score (nSPS) is 30.6.